The first kappa shape index (κ1) is 123. The van der Waals surface area contributed by atoms with Crippen molar-refractivity contribution in [2.75, 3.05) is 78.1 Å². The predicted molar refractivity (Wildman–Crippen MR) is 627 cm³/mol. The van der Waals surface area contributed by atoms with E-state index in [9.17, 15) is 14.4 Å². The Morgan fingerprint density at radius 1 is 0.399 bits per heavy atom. The van der Waals surface area contributed by atoms with Gasteiger partial charge in [-0.1, -0.05) is 308 Å². The molecule has 3 amide bonds. The number of carbonyl (C=O) groups excluding carboxylic acids is 3. The normalized spacial score (nSPS) is 12.7. The topological polar surface area (TPSA) is 150 Å². The standard InChI is InChI=1S/C18H22O.C17H25N3.C17H25NO.C17H27NO.C16H23NO2.C16H21NOS.C16H18O.C15H24O/c1-18(2,3)13-16-10-7-11-17(12-16)19-14-15-8-5-4-6-9-15;1-5-7-18-16-11-14(9-13(2)3)10-15(12-16)17-6-8-20(4)19-17;1-17(2,3)13-14-8-7-9-15(12-14)16(19)18-10-5-4-6-11-18;1-13(2)12-18(6)16(19)15-9-7-8-14(10-15)11-17(3,4)5;1-16(2,3)12-13-5-4-6-14(11-13)15(18)17-7-9-19-10-8-17;1-5-18-14-7-12(9-16(2,3)4)6-13(8-14)15-10-19-11-17-15;1-13(2)11-14-7-6-10-16(12-14)17-15-8-4-3-5-9-15;1-12(2)11-16-14-8-6-7-13(9-14)10-15(3,4)5/h4-12H,13-14H2,1-3H3;6,8,10-13,18H,5,7,9H2,1-4H3;7-9,12H,4-6,10-11,13H2,1-3H3;7-10,13H,11-12H2,1-6H3;4-6,11H,7-10,12H2,1-3H3;6-8,10-11H,5,9H2,1-4H3;3-10,12-13H,11H2,1-2H3;6-9,12H,10-11H2,1-5H3. The molecule has 2 saturated heterocycles. The van der Waals surface area contributed by atoms with Gasteiger partial charge in [0.1, 0.15) is 35.4 Å². The number of ether oxygens (including phenoxy) is 5. The molecular formula is C132H185N7O8S. The number of likely N-dealkylation sites (tertiary alicyclic amines) is 1. The smallest absolute Gasteiger partial charge is 0.254 e. The molecule has 148 heavy (non-hydrogen) atoms. The Labute approximate surface area is 899 Å². The molecule has 0 atom stereocenters. The quantitative estimate of drug-likeness (QED) is 0.0458. The van der Waals surface area contributed by atoms with Crippen molar-refractivity contribution in [2.24, 2.45) is 63.2 Å². The number of anilines is 1. The van der Waals surface area contributed by atoms with E-state index in [4.69, 9.17) is 23.7 Å². The van der Waals surface area contributed by atoms with Crippen LogP contribution in [0.5, 0.6) is 28.7 Å². The third-order valence-corrected chi connectivity index (χ3v) is 23.8. The molecular weight excluding hydrogens is 1840 g/mol. The molecule has 14 rings (SSSR count). The van der Waals surface area contributed by atoms with Crippen molar-refractivity contribution < 1.29 is 38.1 Å². The van der Waals surface area contributed by atoms with E-state index < -0.39 is 0 Å². The Balaban J connectivity index is 0.000000229. The second-order valence-corrected chi connectivity index (χ2v) is 49.5. The van der Waals surface area contributed by atoms with Gasteiger partial charge in [-0.25, -0.2) is 4.98 Å². The van der Waals surface area contributed by atoms with Crippen LogP contribution >= 0.6 is 11.3 Å². The number of aryl methyl sites for hydroxylation is 1. The number of amides is 3. The van der Waals surface area contributed by atoms with Crippen LogP contribution in [0.15, 0.2) is 266 Å². The fourth-order valence-corrected chi connectivity index (χ4v) is 18.0. The molecule has 2 aromatic heterocycles. The zero-order chi connectivity index (χ0) is 109. The number of para-hydroxylation sites is 1. The molecule has 0 spiro atoms. The summed E-state index contributed by atoms with van der Waals surface area (Å²) in [5.74, 6) is 7.52. The minimum Gasteiger partial charge on any atom is -0.494 e. The Bertz CT molecular complexity index is 5740. The molecule has 12 aromatic rings. The van der Waals surface area contributed by atoms with Crippen molar-refractivity contribution in [1.29, 1.82) is 0 Å². The van der Waals surface area contributed by atoms with Crippen molar-refractivity contribution >= 4 is 34.7 Å². The lowest BCUT2D eigenvalue weighted by molar-refractivity contribution is 0.0302. The van der Waals surface area contributed by atoms with Gasteiger partial charge in [0.05, 0.1) is 43.3 Å². The lowest BCUT2D eigenvalue weighted by Crippen LogP contribution is -2.40. The number of nitrogens with zero attached hydrogens (tertiary/aromatic N) is 6. The van der Waals surface area contributed by atoms with Crippen molar-refractivity contribution in [1.82, 2.24) is 29.5 Å². The highest BCUT2D eigenvalue weighted by molar-refractivity contribution is 7.07. The Morgan fingerprint density at radius 3 is 1.28 bits per heavy atom. The maximum atomic E-state index is 12.4. The number of carbonyl (C=O) groups is 3. The zero-order valence-electron chi connectivity index (χ0n) is 96.3. The summed E-state index contributed by atoms with van der Waals surface area (Å²) >= 11 is 1.62. The van der Waals surface area contributed by atoms with Crippen molar-refractivity contribution in [3.05, 3.63) is 333 Å². The van der Waals surface area contributed by atoms with Crippen molar-refractivity contribution in [2.45, 2.75) is 278 Å². The molecule has 10 aromatic carbocycles. The van der Waals surface area contributed by atoms with Gasteiger partial charge < -0.3 is 43.7 Å². The van der Waals surface area contributed by atoms with Crippen LogP contribution in [0, 0.1) is 56.2 Å². The molecule has 2 aliphatic rings. The van der Waals surface area contributed by atoms with Crippen molar-refractivity contribution in [3.63, 3.8) is 0 Å². The number of morpholine rings is 1. The van der Waals surface area contributed by atoms with E-state index >= 15 is 0 Å². The van der Waals surface area contributed by atoms with E-state index in [1.165, 1.54) is 67.7 Å². The third kappa shape index (κ3) is 51.6. The third-order valence-electron chi connectivity index (χ3n) is 23.2. The fourth-order valence-electron chi connectivity index (χ4n) is 17.4. The number of benzene rings is 10. The van der Waals surface area contributed by atoms with Crippen LogP contribution in [-0.2, 0) is 69.8 Å². The Hall–Kier alpha value is -11.6. The van der Waals surface area contributed by atoms with Gasteiger partial charge in [-0.3, -0.25) is 19.1 Å². The van der Waals surface area contributed by atoms with Gasteiger partial charge >= 0.3 is 0 Å². The van der Waals surface area contributed by atoms with Crippen LogP contribution in [0.4, 0.5) is 5.69 Å². The number of hydrogen-bond donors (Lipinski definition) is 1. The SMILES string of the molecule is CC(C)(C)Cc1cccc(C(=O)N2CCCCC2)c1.CC(C)(C)Cc1cccc(C(=O)N2CCOCC2)c1.CC(C)(C)Cc1cccc(OCc2ccccc2)c1.CC(C)CN(C)C(=O)c1cccc(CC(C)(C)C)c1.CC(C)COc1cccc(CC(C)(C)C)c1.CC(C)Cc1cccc(Oc2ccccc2)c1.CCCNc1cc(CC(C)C)cc(-c2ccn(C)n2)c1.CCOc1cc(CC(C)(C)C)cc(-c2cscn2)c1. The molecule has 2 aliphatic heterocycles. The lowest BCUT2D eigenvalue weighted by Gasteiger charge is -2.27. The second kappa shape index (κ2) is 61.5. The predicted octanol–water partition coefficient (Wildman–Crippen LogP) is 33.4. The zero-order valence-corrected chi connectivity index (χ0v) is 97.2. The molecule has 0 aliphatic carbocycles. The lowest BCUT2D eigenvalue weighted by atomic mass is 9.87. The summed E-state index contributed by atoms with van der Waals surface area (Å²) in [6, 6.07) is 84.7. The van der Waals surface area contributed by atoms with Gasteiger partial charge in [0, 0.05) is 98.4 Å². The maximum absolute atomic E-state index is 12.4. The summed E-state index contributed by atoms with van der Waals surface area (Å²) in [6.45, 7) is 70.4. The van der Waals surface area contributed by atoms with Gasteiger partial charge in [-0.15, -0.1) is 11.3 Å². The summed E-state index contributed by atoms with van der Waals surface area (Å²) in [5, 5.41) is 10.1. The highest BCUT2D eigenvalue weighted by Crippen LogP contribution is 2.34. The minimum absolute atomic E-state index is 0.115. The highest BCUT2D eigenvalue weighted by atomic mass is 32.1. The van der Waals surface area contributed by atoms with Gasteiger partial charge in [-0.05, 0) is 318 Å². The van der Waals surface area contributed by atoms with Gasteiger partial charge in [0.25, 0.3) is 17.7 Å². The van der Waals surface area contributed by atoms with E-state index in [0.29, 0.717) is 74.0 Å². The van der Waals surface area contributed by atoms with Gasteiger partial charge in [0.2, 0.25) is 0 Å². The summed E-state index contributed by atoms with van der Waals surface area (Å²) < 4.78 is 30.2. The number of thiazole rings is 1. The van der Waals surface area contributed by atoms with Crippen LogP contribution in [0.25, 0.3) is 22.5 Å². The highest BCUT2D eigenvalue weighted by Gasteiger charge is 2.25. The largest absolute Gasteiger partial charge is 0.494 e. The average molecular weight is 2030 g/mol. The second-order valence-electron chi connectivity index (χ2n) is 48.8. The monoisotopic (exact) mass is 2030 g/mol. The van der Waals surface area contributed by atoms with Crippen LogP contribution < -0.4 is 24.3 Å². The molecule has 15 nitrogen and oxygen atoms in total. The van der Waals surface area contributed by atoms with Gasteiger partial charge in [0.15, 0.2) is 0 Å². The van der Waals surface area contributed by atoms with E-state index in [-0.39, 0.29) is 39.4 Å². The van der Waals surface area contributed by atoms with E-state index in [0.717, 1.165) is 166 Å². The first-order valence-corrected chi connectivity index (χ1v) is 55.2. The molecule has 1 N–H and O–H groups in total. The van der Waals surface area contributed by atoms with Crippen LogP contribution in [0.3, 0.4) is 0 Å². The van der Waals surface area contributed by atoms with Gasteiger partial charge in [-0.2, -0.15) is 5.10 Å². The molecule has 4 heterocycles. The molecule has 16 heteroatoms. The number of nitrogens with one attached hydrogen (secondary N) is 1. The first-order valence-electron chi connectivity index (χ1n) is 54.3. The molecule has 0 radical (unpaired) electrons. The molecule has 0 unspecified atom stereocenters. The average Bonchev–Trinajstić information content (AvgIpc) is 1.79. The summed E-state index contributed by atoms with van der Waals surface area (Å²) in [5.41, 5.74) is 23.2. The first-order chi connectivity index (χ1) is 69.8. The Morgan fingerprint density at radius 2 is 0.818 bits per heavy atom. The summed E-state index contributed by atoms with van der Waals surface area (Å²) in [4.78, 5) is 47.2. The van der Waals surface area contributed by atoms with E-state index in [1.54, 1.807) is 16.2 Å². The van der Waals surface area contributed by atoms with Crippen LogP contribution in [0.2, 0.25) is 0 Å². The fraction of sp³-hybridized carbons (Fsp3) is 0.477. The molecule has 0 saturated carbocycles. The minimum atomic E-state index is 0.115. The number of hydrogen-bond acceptors (Lipinski definition) is 12. The van der Waals surface area contributed by atoms with E-state index in [1.807, 2.05) is 162 Å². The van der Waals surface area contributed by atoms with Crippen LogP contribution in [0.1, 0.15) is 301 Å². The molecule has 802 valence electrons. The molecule has 0 bridgehead atoms. The van der Waals surface area contributed by atoms with E-state index in [2.05, 4.69) is 341 Å². The summed E-state index contributed by atoms with van der Waals surface area (Å²) in [6.07, 6.45) is 15.0. The molecule has 2 fully saturated rings. The Kier molecular flexibility index (Phi) is 51.3. The van der Waals surface area contributed by atoms with Crippen molar-refractivity contribution in [3.8, 4) is 51.3 Å². The maximum Gasteiger partial charge on any atom is 0.254 e. The summed E-state index contributed by atoms with van der Waals surface area (Å²) in [7, 11) is 3.83. The number of aromatic nitrogens is 3. The van der Waals surface area contributed by atoms with Crippen LogP contribution in [-0.4, -0.2) is 120 Å². The number of piperidine rings is 1. The number of rotatable bonds is 30.